The van der Waals surface area contributed by atoms with Gasteiger partial charge in [0.05, 0.1) is 10.8 Å². The number of fused-ring (bicyclic) bond motifs is 1. The molecule has 0 bridgehead atoms. The van der Waals surface area contributed by atoms with Gasteiger partial charge in [0.1, 0.15) is 0 Å². The van der Waals surface area contributed by atoms with Crippen molar-refractivity contribution in [1.29, 1.82) is 0 Å². The maximum Gasteiger partial charge on any atom is 0.243 e. The van der Waals surface area contributed by atoms with Crippen LogP contribution in [-0.2, 0) is 19.6 Å². The molecule has 0 aliphatic carbocycles. The number of nitrogens with one attached hydrogen (secondary N) is 2. The molecule has 0 saturated carbocycles. The number of amides is 2. The van der Waals surface area contributed by atoms with E-state index in [4.69, 9.17) is 0 Å². The quantitative estimate of drug-likeness (QED) is 0.616. The van der Waals surface area contributed by atoms with Crippen LogP contribution in [0, 0.1) is 5.92 Å². The molecule has 0 unspecified atom stereocenters. The zero-order valence-electron chi connectivity index (χ0n) is 17.7. The molecule has 32 heavy (non-hydrogen) atoms. The molecule has 1 heterocycles. The van der Waals surface area contributed by atoms with E-state index in [1.54, 1.807) is 12.1 Å². The summed E-state index contributed by atoms with van der Waals surface area (Å²) in [6.45, 7) is 1.89. The Morgan fingerprint density at radius 3 is 2.41 bits per heavy atom. The number of benzene rings is 3. The van der Waals surface area contributed by atoms with Crippen molar-refractivity contribution in [2.24, 2.45) is 5.92 Å². The zero-order valence-corrected chi connectivity index (χ0v) is 18.6. The first kappa shape index (κ1) is 22.0. The molecule has 8 heteroatoms. The van der Waals surface area contributed by atoms with Crippen LogP contribution in [0.15, 0.2) is 71.6 Å². The first-order valence-electron chi connectivity index (χ1n) is 10.5. The molecule has 2 N–H and O–H groups in total. The topological polar surface area (TPSA) is 95.6 Å². The van der Waals surface area contributed by atoms with E-state index in [0.717, 1.165) is 16.5 Å². The molecule has 3 aromatic rings. The van der Waals surface area contributed by atoms with Gasteiger partial charge in [-0.1, -0.05) is 36.4 Å². The molecular formula is C24H25N3O4S. The minimum Gasteiger partial charge on any atom is -0.326 e. The van der Waals surface area contributed by atoms with Gasteiger partial charge in [-0.2, -0.15) is 4.31 Å². The van der Waals surface area contributed by atoms with E-state index in [-0.39, 0.29) is 23.3 Å². The summed E-state index contributed by atoms with van der Waals surface area (Å²) in [7, 11) is -3.74. The van der Waals surface area contributed by atoms with Gasteiger partial charge in [0.15, 0.2) is 0 Å². The SMILES string of the molecule is CC(=O)Nc1ccc(S(=O)(=O)N2CCC[C@@H](C(=O)Nc3cccc4ccccc34)C2)cc1. The highest BCUT2D eigenvalue weighted by atomic mass is 32.2. The van der Waals surface area contributed by atoms with Crippen LogP contribution in [0.4, 0.5) is 11.4 Å². The third kappa shape index (κ3) is 4.66. The van der Waals surface area contributed by atoms with E-state index in [0.29, 0.717) is 25.1 Å². The largest absolute Gasteiger partial charge is 0.326 e. The molecule has 1 saturated heterocycles. The highest BCUT2D eigenvalue weighted by Crippen LogP contribution is 2.27. The number of carbonyl (C=O) groups is 2. The molecular weight excluding hydrogens is 426 g/mol. The molecule has 1 fully saturated rings. The van der Waals surface area contributed by atoms with Gasteiger partial charge < -0.3 is 10.6 Å². The summed E-state index contributed by atoms with van der Waals surface area (Å²) >= 11 is 0. The van der Waals surface area contributed by atoms with Crippen LogP contribution < -0.4 is 10.6 Å². The molecule has 4 rings (SSSR count). The highest BCUT2D eigenvalue weighted by molar-refractivity contribution is 7.89. The van der Waals surface area contributed by atoms with Crippen LogP contribution in [-0.4, -0.2) is 37.6 Å². The van der Waals surface area contributed by atoms with E-state index in [1.165, 1.54) is 23.4 Å². The molecule has 166 valence electrons. The Balaban J connectivity index is 1.48. The van der Waals surface area contributed by atoms with Crippen LogP contribution in [0.5, 0.6) is 0 Å². The number of piperidine rings is 1. The van der Waals surface area contributed by atoms with Crippen LogP contribution in [0.1, 0.15) is 19.8 Å². The van der Waals surface area contributed by atoms with Crippen LogP contribution in [0.3, 0.4) is 0 Å². The molecule has 1 aliphatic rings. The van der Waals surface area contributed by atoms with Crippen molar-refractivity contribution in [3.8, 4) is 0 Å². The summed E-state index contributed by atoms with van der Waals surface area (Å²) in [6.07, 6.45) is 1.24. The summed E-state index contributed by atoms with van der Waals surface area (Å²) in [5.74, 6) is -0.838. The molecule has 1 aliphatic heterocycles. The highest BCUT2D eigenvalue weighted by Gasteiger charge is 2.33. The van der Waals surface area contributed by atoms with E-state index < -0.39 is 15.9 Å². The van der Waals surface area contributed by atoms with Crippen molar-refractivity contribution < 1.29 is 18.0 Å². The van der Waals surface area contributed by atoms with Gasteiger partial charge in [0.25, 0.3) is 0 Å². The summed E-state index contributed by atoms with van der Waals surface area (Å²) in [4.78, 5) is 24.3. The number of rotatable bonds is 5. The maximum atomic E-state index is 13.1. The average Bonchev–Trinajstić information content (AvgIpc) is 2.79. The van der Waals surface area contributed by atoms with Crippen molar-refractivity contribution >= 4 is 44.0 Å². The Morgan fingerprint density at radius 2 is 1.66 bits per heavy atom. The van der Waals surface area contributed by atoms with Gasteiger partial charge in [-0.15, -0.1) is 0 Å². The Kier molecular flexibility index (Phi) is 6.25. The van der Waals surface area contributed by atoms with Crippen molar-refractivity contribution in [1.82, 2.24) is 4.31 Å². The van der Waals surface area contributed by atoms with Gasteiger partial charge in [0.2, 0.25) is 21.8 Å². The third-order valence-electron chi connectivity index (χ3n) is 5.61. The molecule has 3 aromatic carbocycles. The lowest BCUT2D eigenvalue weighted by atomic mass is 9.98. The lowest BCUT2D eigenvalue weighted by Gasteiger charge is -2.31. The minimum absolute atomic E-state index is 0.131. The summed E-state index contributed by atoms with van der Waals surface area (Å²) < 4.78 is 27.6. The number of carbonyl (C=O) groups excluding carboxylic acids is 2. The van der Waals surface area contributed by atoms with Gasteiger partial charge in [-0.05, 0) is 48.6 Å². The summed E-state index contributed by atoms with van der Waals surface area (Å²) in [6, 6.07) is 19.6. The molecule has 1 atom stereocenters. The van der Waals surface area contributed by atoms with Crippen molar-refractivity contribution in [2.45, 2.75) is 24.7 Å². The lowest BCUT2D eigenvalue weighted by molar-refractivity contribution is -0.121. The Morgan fingerprint density at radius 1 is 0.938 bits per heavy atom. The fraction of sp³-hybridized carbons (Fsp3) is 0.250. The number of anilines is 2. The van der Waals surface area contributed by atoms with E-state index in [1.807, 2.05) is 42.5 Å². The monoisotopic (exact) mass is 451 g/mol. The van der Waals surface area contributed by atoms with Crippen LogP contribution >= 0.6 is 0 Å². The van der Waals surface area contributed by atoms with Gasteiger partial charge in [0, 0.05) is 36.8 Å². The zero-order chi connectivity index (χ0) is 22.7. The fourth-order valence-corrected chi connectivity index (χ4v) is 5.53. The molecule has 0 spiro atoms. The summed E-state index contributed by atoms with van der Waals surface area (Å²) in [5, 5.41) is 7.59. The van der Waals surface area contributed by atoms with Crippen molar-refractivity contribution in [3.05, 3.63) is 66.7 Å². The Bertz CT molecular complexity index is 1250. The predicted molar refractivity (Wildman–Crippen MR) is 125 cm³/mol. The van der Waals surface area contributed by atoms with E-state index in [9.17, 15) is 18.0 Å². The number of hydrogen-bond acceptors (Lipinski definition) is 4. The molecule has 2 amide bonds. The average molecular weight is 452 g/mol. The van der Waals surface area contributed by atoms with E-state index >= 15 is 0 Å². The first-order valence-corrected chi connectivity index (χ1v) is 11.9. The smallest absolute Gasteiger partial charge is 0.243 e. The second-order valence-electron chi connectivity index (χ2n) is 7.92. The van der Waals surface area contributed by atoms with Crippen molar-refractivity contribution in [3.63, 3.8) is 0 Å². The van der Waals surface area contributed by atoms with Crippen molar-refractivity contribution in [2.75, 3.05) is 23.7 Å². The fourth-order valence-electron chi connectivity index (χ4n) is 4.01. The maximum absolute atomic E-state index is 13.1. The molecule has 7 nitrogen and oxygen atoms in total. The number of nitrogens with zero attached hydrogens (tertiary/aromatic N) is 1. The standard InChI is InChI=1S/C24H25N3O4S/c1-17(28)25-20-11-13-21(14-12-20)32(30,31)27-15-5-8-19(16-27)24(29)26-23-10-4-7-18-6-2-3-9-22(18)23/h2-4,6-7,9-14,19H,5,8,15-16H2,1H3,(H,25,28)(H,26,29)/t19-/m1/s1. The lowest BCUT2D eigenvalue weighted by Crippen LogP contribution is -2.43. The van der Waals surface area contributed by atoms with Crippen LogP contribution in [0.2, 0.25) is 0 Å². The second kappa shape index (κ2) is 9.10. The first-order chi connectivity index (χ1) is 15.3. The van der Waals surface area contributed by atoms with Gasteiger partial charge >= 0.3 is 0 Å². The third-order valence-corrected chi connectivity index (χ3v) is 7.49. The van der Waals surface area contributed by atoms with E-state index in [2.05, 4.69) is 10.6 Å². The van der Waals surface area contributed by atoms with Gasteiger partial charge in [-0.25, -0.2) is 8.42 Å². The summed E-state index contributed by atoms with van der Waals surface area (Å²) in [5.41, 5.74) is 1.25. The molecule has 0 radical (unpaired) electrons. The number of sulfonamides is 1. The predicted octanol–water partition coefficient (Wildman–Crippen LogP) is 3.84. The Hall–Kier alpha value is -3.23. The number of hydrogen-bond donors (Lipinski definition) is 2. The van der Waals surface area contributed by atoms with Gasteiger partial charge in [-0.3, -0.25) is 9.59 Å². The van der Waals surface area contributed by atoms with Crippen LogP contribution in [0.25, 0.3) is 10.8 Å². The molecule has 0 aromatic heterocycles. The second-order valence-corrected chi connectivity index (χ2v) is 9.86. The Labute approximate surface area is 187 Å². The normalized spacial score (nSPS) is 17.1. The minimum atomic E-state index is -3.74.